The Hall–Kier alpha value is -3.91. The monoisotopic (exact) mass is 489 g/mol. The highest BCUT2D eigenvalue weighted by Gasteiger charge is 2.60. The number of aliphatic hydroxyl groups is 3. The number of carbonyl (C=O) groups is 3. The fraction of sp³-hybridized carbons (Fsp3) is 0.321. The molecule has 3 aliphatic carbocycles. The second-order valence-electron chi connectivity index (χ2n) is 10.0. The van der Waals surface area contributed by atoms with Gasteiger partial charge < -0.3 is 25.3 Å². The minimum absolute atomic E-state index is 0.101. The van der Waals surface area contributed by atoms with Crippen molar-refractivity contribution < 1.29 is 34.8 Å². The maximum Gasteiger partial charge on any atom is 0.202 e. The lowest BCUT2D eigenvalue weighted by molar-refractivity contribution is -0.147. The molecule has 0 bridgehead atoms. The van der Waals surface area contributed by atoms with Crippen LogP contribution in [0.25, 0.3) is 16.9 Å². The molecular formula is C28H27NO7. The number of allylic oxidation sites excluding steroid dienone is 1. The summed E-state index contributed by atoms with van der Waals surface area (Å²) in [5, 5.41) is 45.0. The van der Waals surface area contributed by atoms with E-state index in [1.807, 2.05) is 55.4 Å². The second kappa shape index (κ2) is 8.06. The van der Waals surface area contributed by atoms with Gasteiger partial charge in [-0.3, -0.25) is 14.4 Å². The maximum absolute atomic E-state index is 13.7. The summed E-state index contributed by atoms with van der Waals surface area (Å²) in [6.45, 7) is 1.09. The fourth-order valence-corrected chi connectivity index (χ4v) is 6.02. The van der Waals surface area contributed by atoms with Crippen LogP contribution in [-0.4, -0.2) is 57.5 Å². The minimum atomic E-state index is -2.50. The van der Waals surface area contributed by atoms with E-state index in [0.717, 1.165) is 12.6 Å². The van der Waals surface area contributed by atoms with Crippen molar-refractivity contribution in [3.8, 4) is 16.9 Å². The molecule has 186 valence electrons. The highest BCUT2D eigenvalue weighted by molar-refractivity contribution is 6.23. The van der Waals surface area contributed by atoms with Crippen molar-refractivity contribution in [2.45, 2.75) is 31.8 Å². The first-order valence-electron chi connectivity index (χ1n) is 11.8. The van der Waals surface area contributed by atoms with Gasteiger partial charge in [-0.1, -0.05) is 30.3 Å². The summed E-state index contributed by atoms with van der Waals surface area (Å²) in [5.41, 5.74) is -0.515. The van der Waals surface area contributed by atoms with Crippen molar-refractivity contribution in [3.63, 3.8) is 0 Å². The molecule has 2 aromatic carbocycles. The van der Waals surface area contributed by atoms with Crippen LogP contribution in [0, 0.1) is 11.8 Å². The van der Waals surface area contributed by atoms with Gasteiger partial charge in [-0.15, -0.1) is 0 Å². The number of phenolic OH excluding ortho intramolecular Hbond substituents is 1. The number of rotatable bonds is 3. The second-order valence-corrected chi connectivity index (χ2v) is 10.0. The van der Waals surface area contributed by atoms with E-state index in [9.17, 15) is 34.8 Å². The Bertz CT molecular complexity index is 1400. The lowest BCUT2D eigenvalue weighted by Gasteiger charge is -2.46. The van der Waals surface area contributed by atoms with Gasteiger partial charge in [0.15, 0.2) is 17.2 Å². The SMILES string of the molecule is CC(=O)C1=C(O)[C@@]2(O)C(=O)C3=C(O)c4c(O)c(-c5ccccc5)cc(N(C)C)c4C[C@H]3C[C@H]2CC1=O. The molecule has 0 radical (unpaired) electrons. The van der Waals surface area contributed by atoms with Gasteiger partial charge in [0.2, 0.25) is 5.78 Å². The van der Waals surface area contributed by atoms with E-state index >= 15 is 0 Å². The minimum Gasteiger partial charge on any atom is -0.508 e. The predicted molar refractivity (Wildman–Crippen MR) is 133 cm³/mol. The number of benzene rings is 2. The Balaban J connectivity index is 1.76. The molecule has 36 heavy (non-hydrogen) atoms. The van der Waals surface area contributed by atoms with E-state index in [0.29, 0.717) is 16.7 Å². The van der Waals surface area contributed by atoms with E-state index in [4.69, 9.17) is 0 Å². The van der Waals surface area contributed by atoms with Gasteiger partial charge in [0.25, 0.3) is 0 Å². The first-order valence-corrected chi connectivity index (χ1v) is 11.8. The highest BCUT2D eigenvalue weighted by atomic mass is 16.3. The van der Waals surface area contributed by atoms with Crippen LogP contribution >= 0.6 is 0 Å². The number of hydrogen-bond donors (Lipinski definition) is 4. The molecule has 1 fully saturated rings. The van der Waals surface area contributed by atoms with Crippen molar-refractivity contribution in [2.75, 3.05) is 19.0 Å². The zero-order chi connectivity index (χ0) is 26.1. The Morgan fingerprint density at radius 1 is 1.06 bits per heavy atom. The summed E-state index contributed by atoms with van der Waals surface area (Å²) in [6.07, 6.45) is 0.148. The first-order chi connectivity index (χ1) is 17.0. The zero-order valence-corrected chi connectivity index (χ0v) is 20.2. The molecule has 8 heteroatoms. The molecule has 3 atom stereocenters. The summed E-state index contributed by atoms with van der Waals surface area (Å²) in [6, 6.07) is 11.0. The van der Waals surface area contributed by atoms with E-state index < -0.39 is 51.9 Å². The largest absolute Gasteiger partial charge is 0.508 e. The average molecular weight is 490 g/mol. The summed E-state index contributed by atoms with van der Waals surface area (Å²) < 4.78 is 0. The van der Waals surface area contributed by atoms with Crippen LogP contribution in [0.4, 0.5) is 5.69 Å². The fourth-order valence-electron chi connectivity index (χ4n) is 6.02. The van der Waals surface area contributed by atoms with E-state index in [2.05, 4.69) is 0 Å². The molecule has 0 spiro atoms. The Morgan fingerprint density at radius 2 is 1.72 bits per heavy atom. The number of nitrogens with zero attached hydrogens (tertiary/aromatic N) is 1. The summed E-state index contributed by atoms with van der Waals surface area (Å²) in [5.74, 6) is -5.42. The van der Waals surface area contributed by atoms with E-state index in [1.165, 1.54) is 0 Å². The molecule has 2 aromatic rings. The van der Waals surface area contributed by atoms with Crippen molar-refractivity contribution in [1.29, 1.82) is 0 Å². The number of Topliss-reactive ketones (excluding diaryl/α,β-unsaturated/α-hetero) is 3. The maximum atomic E-state index is 13.7. The van der Waals surface area contributed by atoms with Crippen LogP contribution in [0.2, 0.25) is 0 Å². The summed E-state index contributed by atoms with van der Waals surface area (Å²) in [7, 11) is 3.68. The molecule has 0 heterocycles. The van der Waals surface area contributed by atoms with Gasteiger partial charge in [0.05, 0.1) is 5.56 Å². The quantitative estimate of drug-likeness (QED) is 0.483. The van der Waals surface area contributed by atoms with Crippen LogP contribution < -0.4 is 4.90 Å². The lowest BCUT2D eigenvalue weighted by atomic mass is 9.59. The molecule has 1 saturated carbocycles. The van der Waals surface area contributed by atoms with E-state index in [1.54, 1.807) is 0 Å². The number of ketones is 3. The van der Waals surface area contributed by atoms with Crippen LogP contribution in [0.5, 0.6) is 5.75 Å². The average Bonchev–Trinajstić information content (AvgIpc) is 2.81. The van der Waals surface area contributed by atoms with Gasteiger partial charge in [-0.25, -0.2) is 0 Å². The van der Waals surface area contributed by atoms with Crippen LogP contribution in [0.15, 0.2) is 53.3 Å². The third-order valence-corrected chi connectivity index (χ3v) is 7.71. The van der Waals surface area contributed by atoms with Crippen molar-refractivity contribution in [3.05, 3.63) is 64.4 Å². The number of hydrogen-bond acceptors (Lipinski definition) is 8. The predicted octanol–water partition coefficient (Wildman–Crippen LogP) is 3.26. The van der Waals surface area contributed by atoms with Gasteiger partial charge in [-0.2, -0.15) is 0 Å². The van der Waals surface area contributed by atoms with Gasteiger partial charge in [0.1, 0.15) is 22.8 Å². The van der Waals surface area contributed by atoms with Crippen LogP contribution in [0.3, 0.4) is 0 Å². The number of carbonyl (C=O) groups excluding carboxylic acids is 3. The molecular weight excluding hydrogens is 462 g/mol. The Morgan fingerprint density at radius 3 is 2.33 bits per heavy atom. The first kappa shape index (κ1) is 23.8. The van der Waals surface area contributed by atoms with Crippen LogP contribution in [-0.2, 0) is 20.8 Å². The number of aliphatic hydroxyl groups excluding tert-OH is 2. The standard InChI is InChI=1S/C28H27NO7/c1-13(30)21-20(31)11-16-9-15-10-18-19(29(2)3)12-17(14-7-5-4-6-8-14)24(32)23(18)25(33)22(15)27(35)28(16,36)26(21)34/h4-8,12,15-16,32-34,36H,9-11H2,1-3H3/t15-,16+,28-/m1/s1. The van der Waals surface area contributed by atoms with Crippen molar-refractivity contribution >= 4 is 28.8 Å². The van der Waals surface area contributed by atoms with Gasteiger partial charge in [0, 0.05) is 43.3 Å². The normalized spacial score (nSPS) is 25.3. The number of phenols is 1. The number of fused-ring (bicyclic) bond motifs is 3. The van der Waals surface area contributed by atoms with Gasteiger partial charge >= 0.3 is 0 Å². The lowest BCUT2D eigenvalue weighted by Crippen LogP contribution is -2.57. The molecule has 0 aromatic heterocycles. The number of aromatic hydroxyl groups is 1. The third kappa shape index (κ3) is 3.14. The molecule has 3 aliphatic rings. The molecule has 0 amide bonds. The molecule has 0 saturated heterocycles. The van der Waals surface area contributed by atoms with Crippen molar-refractivity contribution in [2.24, 2.45) is 11.8 Å². The summed E-state index contributed by atoms with van der Waals surface area (Å²) in [4.78, 5) is 40.2. The third-order valence-electron chi connectivity index (χ3n) is 7.71. The molecule has 4 N–H and O–H groups in total. The van der Waals surface area contributed by atoms with Crippen molar-refractivity contribution in [1.82, 2.24) is 0 Å². The Labute approximate surface area is 207 Å². The Kier molecular flexibility index (Phi) is 5.33. The summed E-state index contributed by atoms with van der Waals surface area (Å²) >= 11 is 0. The smallest absolute Gasteiger partial charge is 0.202 e. The molecule has 0 unspecified atom stereocenters. The van der Waals surface area contributed by atoms with Crippen LogP contribution in [0.1, 0.15) is 30.9 Å². The van der Waals surface area contributed by atoms with E-state index in [-0.39, 0.29) is 36.1 Å². The topological polar surface area (TPSA) is 135 Å². The molecule has 0 aliphatic heterocycles. The number of anilines is 1. The zero-order valence-electron chi connectivity index (χ0n) is 20.2. The molecule has 8 nitrogen and oxygen atoms in total. The molecule has 5 rings (SSSR count). The van der Waals surface area contributed by atoms with Gasteiger partial charge in [-0.05, 0) is 42.9 Å². The highest BCUT2D eigenvalue weighted by Crippen LogP contribution is 2.54.